The van der Waals surface area contributed by atoms with E-state index in [0.29, 0.717) is 47.0 Å². The molecule has 3 saturated heterocycles. The normalized spacial score (nSPS) is 58.3. The van der Waals surface area contributed by atoms with Gasteiger partial charge >= 0.3 is 0 Å². The molecule has 16 atom stereocenters. The van der Waals surface area contributed by atoms with Gasteiger partial charge in [-0.05, 0) is 91.8 Å². The van der Waals surface area contributed by atoms with E-state index >= 15 is 0 Å². The molecule has 8 heteroatoms. The van der Waals surface area contributed by atoms with Gasteiger partial charge in [0.15, 0.2) is 12.1 Å². The van der Waals surface area contributed by atoms with Crippen LogP contribution < -0.4 is 0 Å². The Morgan fingerprint density at radius 1 is 0.976 bits per heavy atom. The molecule has 0 amide bonds. The van der Waals surface area contributed by atoms with Gasteiger partial charge in [0.25, 0.3) is 0 Å². The molecule has 0 bridgehead atoms. The summed E-state index contributed by atoms with van der Waals surface area (Å²) in [4.78, 5) is 0. The number of fused-ring (bicyclic) bond motifs is 7. The first-order valence-corrected chi connectivity index (χ1v) is 16.5. The van der Waals surface area contributed by atoms with Crippen molar-refractivity contribution in [2.45, 2.75) is 134 Å². The first kappa shape index (κ1) is 29.1. The zero-order valence-electron chi connectivity index (χ0n) is 25.3. The molecule has 0 radical (unpaired) electrons. The third kappa shape index (κ3) is 4.29. The Bertz CT molecular complexity index is 1020. The number of hydrogen-bond donors (Lipinski definition) is 4. The van der Waals surface area contributed by atoms with Gasteiger partial charge in [0.2, 0.25) is 0 Å². The lowest BCUT2D eigenvalue weighted by molar-refractivity contribution is -0.313. The van der Waals surface area contributed by atoms with Crippen molar-refractivity contribution in [3.05, 3.63) is 11.6 Å². The molecular weight excluding hydrogens is 524 g/mol. The third-order valence-corrected chi connectivity index (χ3v) is 13.5. The average Bonchev–Trinajstić information content (AvgIpc) is 3.40. The minimum Gasteiger partial charge on any atom is -0.394 e. The first-order chi connectivity index (χ1) is 19.5. The molecule has 3 heterocycles. The topological polar surface area (TPSA) is 118 Å². The van der Waals surface area contributed by atoms with Crippen LogP contribution in [0.1, 0.15) is 85.5 Å². The molecule has 6 fully saturated rings. The number of allylic oxidation sites excluding steroid dienone is 1. The highest BCUT2D eigenvalue weighted by Crippen LogP contribution is 2.70. The fourth-order valence-corrected chi connectivity index (χ4v) is 11.1. The summed E-state index contributed by atoms with van der Waals surface area (Å²) in [5.41, 5.74) is 1.91. The van der Waals surface area contributed by atoms with E-state index in [1.54, 1.807) is 0 Å². The van der Waals surface area contributed by atoms with Crippen LogP contribution in [0.5, 0.6) is 0 Å². The van der Waals surface area contributed by atoms with E-state index in [-0.39, 0.29) is 17.3 Å². The lowest BCUT2D eigenvalue weighted by atomic mass is 9.47. The van der Waals surface area contributed by atoms with Crippen molar-refractivity contribution < 1.29 is 39.4 Å². The maximum absolute atomic E-state index is 10.5. The molecule has 0 aromatic rings. The van der Waals surface area contributed by atoms with Crippen molar-refractivity contribution in [1.29, 1.82) is 0 Å². The fraction of sp³-hybridized carbons (Fsp3) is 0.939. The van der Waals surface area contributed by atoms with Gasteiger partial charge in [-0.15, -0.1) is 0 Å². The van der Waals surface area contributed by atoms with Gasteiger partial charge in [-0.1, -0.05) is 39.3 Å². The quantitative estimate of drug-likeness (QED) is 0.377. The number of hydrogen-bond acceptors (Lipinski definition) is 8. The van der Waals surface area contributed by atoms with Crippen LogP contribution in [-0.4, -0.2) is 82.3 Å². The second kappa shape index (κ2) is 10.2. The van der Waals surface area contributed by atoms with E-state index in [1.165, 1.54) is 24.8 Å². The lowest BCUT2D eigenvalue weighted by Gasteiger charge is -2.58. The molecule has 8 nitrogen and oxygen atoms in total. The molecule has 41 heavy (non-hydrogen) atoms. The van der Waals surface area contributed by atoms with Gasteiger partial charge in [-0.2, -0.15) is 0 Å². The van der Waals surface area contributed by atoms with Crippen LogP contribution >= 0.6 is 0 Å². The SMILES string of the molecule is C[C@H]1CC[C@@]2(OC1)O[C@H]1C[C@@H]3[C@@H]4CC=C5C[C@@H](O[C@@H]6O[C@H](CO)[C@@H](O)[C@H](O)[C@H]6O)CC[C@]5(C)[C@H]4CC[C@]3(C)[C@H]1[C@@H]2C. The predicted octanol–water partition coefficient (Wildman–Crippen LogP) is 3.54. The number of rotatable bonds is 3. The van der Waals surface area contributed by atoms with Crippen molar-refractivity contribution in [1.82, 2.24) is 0 Å². The van der Waals surface area contributed by atoms with E-state index in [9.17, 15) is 20.4 Å². The van der Waals surface area contributed by atoms with Crippen LogP contribution in [0.4, 0.5) is 0 Å². The molecule has 3 aliphatic heterocycles. The first-order valence-electron chi connectivity index (χ1n) is 16.5. The molecular formula is C33H52O8. The molecule has 0 aromatic heterocycles. The summed E-state index contributed by atoms with van der Waals surface area (Å²) in [5, 5.41) is 40.4. The summed E-state index contributed by atoms with van der Waals surface area (Å²) in [6.07, 6.45) is 6.24. The molecule has 1 spiro atoms. The smallest absolute Gasteiger partial charge is 0.186 e. The maximum Gasteiger partial charge on any atom is 0.186 e. The average molecular weight is 577 g/mol. The Hall–Kier alpha value is -0.580. The molecule has 232 valence electrons. The summed E-state index contributed by atoms with van der Waals surface area (Å²) in [7, 11) is 0. The second-order valence-electron chi connectivity index (χ2n) is 15.5. The molecule has 0 aromatic carbocycles. The predicted molar refractivity (Wildman–Crippen MR) is 150 cm³/mol. The molecule has 4 aliphatic carbocycles. The highest BCUT2D eigenvalue weighted by Gasteiger charge is 2.68. The van der Waals surface area contributed by atoms with Gasteiger partial charge < -0.3 is 39.4 Å². The summed E-state index contributed by atoms with van der Waals surface area (Å²) >= 11 is 0. The Balaban J connectivity index is 1.05. The van der Waals surface area contributed by atoms with E-state index in [2.05, 4.69) is 33.8 Å². The van der Waals surface area contributed by atoms with Crippen molar-refractivity contribution in [2.75, 3.05) is 13.2 Å². The van der Waals surface area contributed by atoms with Crippen molar-refractivity contribution in [3.63, 3.8) is 0 Å². The van der Waals surface area contributed by atoms with Crippen molar-refractivity contribution in [2.24, 2.45) is 46.3 Å². The molecule has 4 N–H and O–H groups in total. The van der Waals surface area contributed by atoms with Crippen LogP contribution in [0.3, 0.4) is 0 Å². The van der Waals surface area contributed by atoms with E-state index < -0.39 is 37.3 Å². The zero-order chi connectivity index (χ0) is 28.9. The van der Waals surface area contributed by atoms with Crippen LogP contribution in [0, 0.1) is 46.3 Å². The van der Waals surface area contributed by atoms with Crippen molar-refractivity contribution in [3.8, 4) is 0 Å². The van der Waals surface area contributed by atoms with Gasteiger partial charge in [0.1, 0.15) is 24.4 Å². The Morgan fingerprint density at radius 2 is 1.78 bits per heavy atom. The number of ether oxygens (including phenoxy) is 4. The molecule has 0 unspecified atom stereocenters. The lowest BCUT2D eigenvalue weighted by Crippen LogP contribution is -2.60. The van der Waals surface area contributed by atoms with Crippen LogP contribution in [-0.2, 0) is 18.9 Å². The molecule has 7 rings (SSSR count). The summed E-state index contributed by atoms with van der Waals surface area (Å²) < 4.78 is 25.3. The van der Waals surface area contributed by atoms with E-state index in [1.807, 2.05) is 0 Å². The Kier molecular flexibility index (Phi) is 7.27. The van der Waals surface area contributed by atoms with E-state index in [4.69, 9.17) is 18.9 Å². The Labute approximate surface area is 244 Å². The molecule has 7 aliphatic rings. The third-order valence-electron chi connectivity index (χ3n) is 13.5. The summed E-state index contributed by atoms with van der Waals surface area (Å²) in [6.45, 7) is 10.1. The van der Waals surface area contributed by atoms with Gasteiger partial charge in [-0.3, -0.25) is 0 Å². The highest BCUT2D eigenvalue weighted by molar-refractivity contribution is 5.26. The van der Waals surface area contributed by atoms with Crippen molar-refractivity contribution >= 4 is 0 Å². The zero-order valence-corrected chi connectivity index (χ0v) is 25.3. The second-order valence-corrected chi connectivity index (χ2v) is 15.5. The van der Waals surface area contributed by atoms with Gasteiger partial charge in [-0.25, -0.2) is 0 Å². The van der Waals surface area contributed by atoms with Crippen LogP contribution in [0.2, 0.25) is 0 Å². The standard InChI is InChI=1S/C33H52O8/c1-17-7-12-33(38-16-17)18(2)26-24(41-33)14-23-21-6-5-19-13-20(8-10-31(19,3)22(21)9-11-32(23,26)4)39-30-29(37)28(36)27(35)25(15-34)40-30/h5,17-18,20-30,34-37H,6-16H2,1-4H3/t17-,18-,20-,21+,22-,23+,24-,25+,26-,27+,28-,29+,30+,31-,32-,33+/m0/s1. The Morgan fingerprint density at radius 3 is 2.51 bits per heavy atom. The van der Waals surface area contributed by atoms with E-state index in [0.717, 1.165) is 45.1 Å². The minimum absolute atomic E-state index is 0.129. The minimum atomic E-state index is -1.41. The largest absolute Gasteiger partial charge is 0.394 e. The number of aliphatic hydroxyl groups is 4. The van der Waals surface area contributed by atoms with Crippen LogP contribution in [0.25, 0.3) is 0 Å². The fourth-order valence-electron chi connectivity index (χ4n) is 11.1. The highest BCUT2D eigenvalue weighted by atomic mass is 16.7. The van der Waals surface area contributed by atoms with Gasteiger partial charge in [0, 0.05) is 12.3 Å². The summed E-state index contributed by atoms with van der Waals surface area (Å²) in [6, 6.07) is 0. The van der Waals surface area contributed by atoms with Gasteiger partial charge in [0.05, 0.1) is 25.4 Å². The summed E-state index contributed by atoms with van der Waals surface area (Å²) in [5.74, 6) is 3.28. The van der Waals surface area contributed by atoms with Crippen LogP contribution in [0.15, 0.2) is 11.6 Å². The number of aliphatic hydroxyl groups excluding tert-OH is 4. The monoisotopic (exact) mass is 576 g/mol. The molecule has 3 saturated carbocycles. The maximum atomic E-state index is 10.5.